The topological polar surface area (TPSA) is 133 Å². The number of amides is 1. The molecule has 11 nitrogen and oxygen atoms in total. The van der Waals surface area contributed by atoms with Crippen molar-refractivity contribution in [2.75, 3.05) is 62.9 Å². The molecule has 0 saturated carbocycles. The molecule has 0 atom stereocenters. The number of hydrogen-bond donors (Lipinski definition) is 4. The molecule has 184 valence electrons. The first-order valence-electron chi connectivity index (χ1n) is 11.6. The zero-order valence-electron chi connectivity index (χ0n) is 20.1. The van der Waals surface area contributed by atoms with Gasteiger partial charge in [0.2, 0.25) is 5.91 Å². The molecule has 4 N–H and O–H groups in total. The minimum absolute atomic E-state index is 0.0316. The molecule has 0 aliphatic carbocycles. The molecule has 1 amide bonds. The lowest BCUT2D eigenvalue weighted by Crippen LogP contribution is -2.35. The summed E-state index contributed by atoms with van der Waals surface area (Å²) in [7, 11) is 3.70. The average Bonchev–Trinajstić information content (AvgIpc) is 2.82. The number of hydrogen-bond acceptors (Lipinski definition) is 10. The van der Waals surface area contributed by atoms with E-state index in [4.69, 9.17) is 9.72 Å². The van der Waals surface area contributed by atoms with E-state index in [0.29, 0.717) is 55.5 Å². The number of rotatable bonds is 12. The summed E-state index contributed by atoms with van der Waals surface area (Å²) >= 11 is 0. The Morgan fingerprint density at radius 1 is 1.21 bits per heavy atom. The van der Waals surface area contributed by atoms with Gasteiger partial charge in [-0.05, 0) is 39.4 Å². The second-order valence-electron chi connectivity index (χ2n) is 8.32. The van der Waals surface area contributed by atoms with Crippen molar-refractivity contribution in [1.29, 1.82) is 0 Å². The molecule has 0 bridgehead atoms. The number of pyridine rings is 1. The van der Waals surface area contributed by atoms with E-state index in [9.17, 15) is 9.59 Å². The minimum atomic E-state index is -0.0316. The lowest BCUT2D eigenvalue weighted by atomic mass is 10.1. The first kappa shape index (κ1) is 25.3. The Morgan fingerprint density at radius 2 is 2.00 bits per heavy atom. The number of carbonyl (C=O) groups is 2. The van der Waals surface area contributed by atoms with E-state index in [0.717, 1.165) is 31.7 Å². The Bertz CT molecular complexity index is 963. The van der Waals surface area contributed by atoms with Gasteiger partial charge in [-0.25, -0.2) is 15.0 Å². The highest BCUT2D eigenvalue weighted by Gasteiger charge is 2.18. The SMILES string of the molecule is CCc1nc(C=O)c(Nc2ccnc(NCCNC(=O)CN(C)C)c2)nc1NC1CCOCC1. The molecule has 1 saturated heterocycles. The Morgan fingerprint density at radius 3 is 2.71 bits per heavy atom. The molecule has 3 heterocycles. The number of nitrogens with zero attached hydrogens (tertiary/aromatic N) is 4. The van der Waals surface area contributed by atoms with Crippen LogP contribution in [0.25, 0.3) is 0 Å². The number of anilines is 4. The van der Waals surface area contributed by atoms with E-state index < -0.39 is 0 Å². The van der Waals surface area contributed by atoms with E-state index >= 15 is 0 Å². The van der Waals surface area contributed by atoms with E-state index in [-0.39, 0.29) is 17.6 Å². The van der Waals surface area contributed by atoms with Crippen LogP contribution in [0.3, 0.4) is 0 Å². The molecule has 1 aliphatic heterocycles. The summed E-state index contributed by atoms with van der Waals surface area (Å²) in [5.74, 6) is 1.67. The van der Waals surface area contributed by atoms with Gasteiger partial charge in [-0.15, -0.1) is 0 Å². The summed E-state index contributed by atoms with van der Waals surface area (Å²) < 4.78 is 5.44. The standard InChI is InChI=1S/C23H34N8O3/c1-4-18-22(27-16-6-11-34-12-7-16)30-23(19(15-32)29-18)28-17-5-8-24-20(13-17)25-9-10-26-21(33)14-31(2)3/h5,8,13,15-16H,4,6-7,9-12,14H2,1-3H3,(H,26,33)(H3,24,25,27,28,30). The smallest absolute Gasteiger partial charge is 0.234 e. The molecule has 11 heteroatoms. The molecule has 0 spiro atoms. The van der Waals surface area contributed by atoms with E-state index in [1.54, 1.807) is 12.3 Å². The maximum Gasteiger partial charge on any atom is 0.234 e. The number of carbonyl (C=O) groups excluding carboxylic acids is 2. The molecule has 1 fully saturated rings. The van der Waals surface area contributed by atoms with E-state index in [1.807, 2.05) is 32.0 Å². The summed E-state index contributed by atoms with van der Waals surface area (Å²) in [5.41, 5.74) is 1.73. The summed E-state index contributed by atoms with van der Waals surface area (Å²) in [6.07, 6.45) is 4.83. The van der Waals surface area contributed by atoms with Crippen molar-refractivity contribution in [3.63, 3.8) is 0 Å². The molecule has 0 radical (unpaired) electrons. The summed E-state index contributed by atoms with van der Waals surface area (Å²) in [4.78, 5) is 38.8. The van der Waals surface area contributed by atoms with Crippen LogP contribution >= 0.6 is 0 Å². The normalized spacial score (nSPS) is 14.0. The summed E-state index contributed by atoms with van der Waals surface area (Å²) in [6.45, 7) is 4.78. The number of nitrogens with one attached hydrogen (secondary N) is 4. The Hall–Kier alpha value is -3.31. The van der Waals surface area contributed by atoms with Crippen LogP contribution in [0.1, 0.15) is 35.9 Å². The first-order valence-corrected chi connectivity index (χ1v) is 11.6. The predicted molar refractivity (Wildman–Crippen MR) is 132 cm³/mol. The number of aryl methyl sites for hydroxylation is 1. The lowest BCUT2D eigenvalue weighted by Gasteiger charge is -2.25. The molecule has 3 rings (SSSR count). The molecule has 2 aromatic heterocycles. The Kier molecular flexibility index (Phi) is 9.53. The van der Waals surface area contributed by atoms with Crippen LogP contribution < -0.4 is 21.3 Å². The van der Waals surface area contributed by atoms with Crippen molar-refractivity contribution < 1.29 is 14.3 Å². The average molecular weight is 471 g/mol. The number of aldehydes is 1. The van der Waals surface area contributed by atoms with Gasteiger partial charge >= 0.3 is 0 Å². The zero-order chi connectivity index (χ0) is 24.3. The van der Waals surface area contributed by atoms with Gasteiger partial charge in [0.25, 0.3) is 0 Å². The highest BCUT2D eigenvalue weighted by atomic mass is 16.5. The summed E-state index contributed by atoms with van der Waals surface area (Å²) in [5, 5.41) is 12.7. The fraction of sp³-hybridized carbons (Fsp3) is 0.522. The van der Waals surface area contributed by atoms with Gasteiger partial charge in [-0.3, -0.25) is 9.59 Å². The van der Waals surface area contributed by atoms with Gasteiger partial charge < -0.3 is 30.9 Å². The van der Waals surface area contributed by atoms with Gasteiger partial charge in [0.15, 0.2) is 12.1 Å². The zero-order valence-corrected chi connectivity index (χ0v) is 20.1. The van der Waals surface area contributed by atoms with Crippen LogP contribution in [0, 0.1) is 0 Å². The molecular weight excluding hydrogens is 436 g/mol. The maximum atomic E-state index is 11.7. The number of aromatic nitrogens is 3. The van der Waals surface area contributed by atoms with Gasteiger partial charge in [-0.1, -0.05) is 6.92 Å². The van der Waals surface area contributed by atoms with Crippen LogP contribution in [0.5, 0.6) is 0 Å². The van der Waals surface area contributed by atoms with Gasteiger partial charge in [0.1, 0.15) is 17.3 Å². The second kappa shape index (κ2) is 12.8. The van der Waals surface area contributed by atoms with Crippen molar-refractivity contribution in [3.8, 4) is 0 Å². The minimum Gasteiger partial charge on any atom is -0.381 e. The molecule has 34 heavy (non-hydrogen) atoms. The predicted octanol–water partition coefficient (Wildman–Crippen LogP) is 1.67. The fourth-order valence-electron chi connectivity index (χ4n) is 3.53. The van der Waals surface area contributed by atoms with Crippen molar-refractivity contribution >= 4 is 35.3 Å². The second-order valence-corrected chi connectivity index (χ2v) is 8.32. The van der Waals surface area contributed by atoms with Crippen molar-refractivity contribution in [2.45, 2.75) is 32.2 Å². The van der Waals surface area contributed by atoms with E-state index in [1.165, 1.54) is 0 Å². The molecule has 2 aromatic rings. The molecule has 1 aliphatic rings. The van der Waals surface area contributed by atoms with Crippen LogP contribution in [0.2, 0.25) is 0 Å². The van der Waals surface area contributed by atoms with Crippen LogP contribution in [0.15, 0.2) is 18.3 Å². The fourth-order valence-corrected chi connectivity index (χ4v) is 3.53. The lowest BCUT2D eigenvalue weighted by molar-refractivity contribution is -0.121. The quantitative estimate of drug-likeness (QED) is 0.268. The molecule has 0 unspecified atom stereocenters. The van der Waals surface area contributed by atoms with Gasteiger partial charge in [0, 0.05) is 50.3 Å². The van der Waals surface area contributed by atoms with Crippen molar-refractivity contribution in [3.05, 3.63) is 29.7 Å². The monoisotopic (exact) mass is 470 g/mol. The number of ether oxygens (including phenoxy) is 1. The Labute approximate surface area is 200 Å². The highest BCUT2D eigenvalue weighted by molar-refractivity contribution is 5.82. The van der Waals surface area contributed by atoms with Gasteiger partial charge in [0.05, 0.1) is 12.2 Å². The van der Waals surface area contributed by atoms with Crippen LogP contribution in [-0.2, 0) is 16.0 Å². The third kappa shape index (κ3) is 7.63. The molecule has 0 aromatic carbocycles. The first-order chi connectivity index (χ1) is 16.5. The molecular formula is C23H34N8O3. The third-order valence-electron chi connectivity index (χ3n) is 5.24. The largest absolute Gasteiger partial charge is 0.381 e. The van der Waals surface area contributed by atoms with Crippen molar-refractivity contribution in [2.24, 2.45) is 0 Å². The van der Waals surface area contributed by atoms with Crippen LogP contribution in [-0.4, -0.2) is 85.0 Å². The van der Waals surface area contributed by atoms with Crippen molar-refractivity contribution in [1.82, 2.24) is 25.2 Å². The van der Waals surface area contributed by atoms with Crippen LogP contribution in [0.4, 0.5) is 23.1 Å². The Balaban J connectivity index is 1.66. The van der Waals surface area contributed by atoms with E-state index in [2.05, 4.69) is 31.2 Å². The number of likely N-dealkylation sites (N-methyl/N-ethyl adjacent to an activating group) is 1. The highest BCUT2D eigenvalue weighted by Crippen LogP contribution is 2.24. The maximum absolute atomic E-state index is 11.7. The van der Waals surface area contributed by atoms with Gasteiger partial charge in [-0.2, -0.15) is 0 Å². The third-order valence-corrected chi connectivity index (χ3v) is 5.24. The summed E-state index contributed by atoms with van der Waals surface area (Å²) in [6, 6.07) is 3.87.